The van der Waals surface area contributed by atoms with Crippen LogP contribution in [0.15, 0.2) is 0 Å². The molecule has 0 aromatic heterocycles. The van der Waals surface area contributed by atoms with Crippen LogP contribution in [0.5, 0.6) is 0 Å². The average Bonchev–Trinajstić information content (AvgIpc) is 3.08. The lowest BCUT2D eigenvalue weighted by molar-refractivity contribution is -0.137. The van der Waals surface area contributed by atoms with Gasteiger partial charge >= 0.3 is 0 Å². The number of likely N-dealkylation sites (tertiary alicyclic amines) is 1. The molecule has 1 aliphatic heterocycles. The molecule has 2 rings (SSSR count). The summed E-state index contributed by atoms with van der Waals surface area (Å²) in [6.07, 6.45) is 4.46. The van der Waals surface area contributed by atoms with Crippen LogP contribution in [-0.4, -0.2) is 47.7 Å². The van der Waals surface area contributed by atoms with Gasteiger partial charge in [0, 0.05) is 31.2 Å². The van der Waals surface area contributed by atoms with Gasteiger partial charge in [-0.2, -0.15) is 0 Å². The number of carbonyl (C=O) groups excluding carboxylic acids is 1. The summed E-state index contributed by atoms with van der Waals surface area (Å²) in [5.74, 6) is 0.227. The summed E-state index contributed by atoms with van der Waals surface area (Å²) in [5, 5.41) is 12.7. The van der Waals surface area contributed by atoms with Crippen molar-refractivity contribution in [3.8, 4) is 0 Å². The molecule has 1 saturated heterocycles. The van der Waals surface area contributed by atoms with E-state index >= 15 is 0 Å². The molecule has 0 bridgehead atoms. The number of piperidine rings is 1. The van der Waals surface area contributed by atoms with Gasteiger partial charge in [0.2, 0.25) is 5.91 Å². The maximum Gasteiger partial charge on any atom is 0.239 e. The average molecular weight is 240 g/mol. The van der Waals surface area contributed by atoms with E-state index in [1.807, 2.05) is 18.7 Å². The van der Waals surface area contributed by atoms with Gasteiger partial charge in [0.15, 0.2) is 0 Å². The molecule has 0 radical (unpaired) electrons. The second kappa shape index (κ2) is 4.94. The fraction of sp³-hybridized carbons (Fsp3) is 0.923. The summed E-state index contributed by atoms with van der Waals surface area (Å²) < 4.78 is 0. The molecule has 1 aliphatic carbocycles. The van der Waals surface area contributed by atoms with Gasteiger partial charge < -0.3 is 15.3 Å². The van der Waals surface area contributed by atoms with E-state index in [1.165, 1.54) is 12.8 Å². The summed E-state index contributed by atoms with van der Waals surface area (Å²) in [4.78, 5) is 14.2. The van der Waals surface area contributed by atoms with Crippen molar-refractivity contribution < 1.29 is 9.90 Å². The summed E-state index contributed by atoms with van der Waals surface area (Å²) >= 11 is 0. The van der Waals surface area contributed by atoms with Crippen LogP contribution in [0.3, 0.4) is 0 Å². The van der Waals surface area contributed by atoms with Crippen molar-refractivity contribution in [1.82, 2.24) is 10.2 Å². The highest BCUT2D eigenvalue weighted by atomic mass is 16.3. The van der Waals surface area contributed by atoms with Crippen molar-refractivity contribution in [3.63, 3.8) is 0 Å². The molecular formula is C13H24N2O2. The molecule has 1 amide bonds. The molecule has 98 valence electrons. The highest BCUT2D eigenvalue weighted by Gasteiger charge is 2.35. The van der Waals surface area contributed by atoms with Crippen molar-refractivity contribution in [2.75, 3.05) is 19.7 Å². The molecule has 4 nitrogen and oxygen atoms in total. The van der Waals surface area contributed by atoms with Crippen molar-refractivity contribution in [2.24, 2.45) is 5.41 Å². The van der Waals surface area contributed by atoms with Gasteiger partial charge in [-0.15, -0.1) is 0 Å². The van der Waals surface area contributed by atoms with Gasteiger partial charge in [0.05, 0.1) is 6.04 Å². The Morgan fingerprint density at radius 2 is 2.12 bits per heavy atom. The quantitative estimate of drug-likeness (QED) is 0.745. The summed E-state index contributed by atoms with van der Waals surface area (Å²) in [5.41, 5.74) is -0.197. The van der Waals surface area contributed by atoms with E-state index in [0.717, 1.165) is 19.4 Å². The molecule has 0 spiro atoms. The monoisotopic (exact) mass is 240 g/mol. The van der Waals surface area contributed by atoms with Crippen molar-refractivity contribution in [3.05, 3.63) is 0 Å². The van der Waals surface area contributed by atoms with Crippen LogP contribution < -0.4 is 5.32 Å². The van der Waals surface area contributed by atoms with Gasteiger partial charge in [-0.25, -0.2) is 0 Å². The lowest BCUT2D eigenvalue weighted by Crippen LogP contribution is -2.53. The lowest BCUT2D eigenvalue weighted by Gasteiger charge is -2.37. The second-order valence-corrected chi connectivity index (χ2v) is 6.22. The smallest absolute Gasteiger partial charge is 0.239 e. The van der Waals surface area contributed by atoms with Gasteiger partial charge in [-0.1, -0.05) is 13.8 Å². The predicted octanol–water partition coefficient (Wildman–Crippen LogP) is 0.748. The molecule has 1 unspecified atom stereocenters. The minimum atomic E-state index is -0.197. The molecular weight excluding hydrogens is 216 g/mol. The van der Waals surface area contributed by atoms with Crippen LogP contribution in [0.1, 0.15) is 39.5 Å². The fourth-order valence-electron chi connectivity index (χ4n) is 2.35. The van der Waals surface area contributed by atoms with Crippen LogP contribution in [0.2, 0.25) is 0 Å². The number of nitrogens with zero attached hydrogens (tertiary/aromatic N) is 1. The highest BCUT2D eigenvalue weighted by molar-refractivity contribution is 5.82. The maximum absolute atomic E-state index is 12.3. The third-order valence-corrected chi connectivity index (χ3v) is 3.59. The van der Waals surface area contributed by atoms with Gasteiger partial charge in [0.25, 0.3) is 0 Å². The molecule has 17 heavy (non-hydrogen) atoms. The first kappa shape index (κ1) is 12.8. The molecule has 0 aromatic carbocycles. The zero-order chi connectivity index (χ0) is 12.5. The Hall–Kier alpha value is -0.610. The Balaban J connectivity index is 1.90. The number of aliphatic hydroxyl groups excluding tert-OH is 1. The zero-order valence-corrected chi connectivity index (χ0v) is 10.9. The minimum Gasteiger partial charge on any atom is -0.396 e. The fourth-order valence-corrected chi connectivity index (χ4v) is 2.35. The first-order chi connectivity index (χ1) is 8.02. The first-order valence-electron chi connectivity index (χ1n) is 6.67. The van der Waals surface area contributed by atoms with Crippen LogP contribution >= 0.6 is 0 Å². The number of rotatable bonds is 5. The van der Waals surface area contributed by atoms with Gasteiger partial charge in [-0.3, -0.25) is 4.79 Å². The normalized spacial score (nSPS) is 26.4. The first-order valence-corrected chi connectivity index (χ1v) is 6.67. The molecule has 4 heteroatoms. The SMILES string of the molecule is CC(C)(CO)CN1CCCC(NC2CC2)C1=O. The molecule has 1 heterocycles. The predicted molar refractivity (Wildman–Crippen MR) is 66.6 cm³/mol. The highest BCUT2D eigenvalue weighted by Crippen LogP contribution is 2.24. The molecule has 1 atom stereocenters. The van der Waals surface area contributed by atoms with E-state index in [0.29, 0.717) is 12.6 Å². The summed E-state index contributed by atoms with van der Waals surface area (Å²) in [6, 6.07) is 0.598. The van der Waals surface area contributed by atoms with E-state index in [9.17, 15) is 9.90 Å². The van der Waals surface area contributed by atoms with E-state index in [2.05, 4.69) is 5.32 Å². The van der Waals surface area contributed by atoms with E-state index < -0.39 is 0 Å². The van der Waals surface area contributed by atoms with Crippen LogP contribution in [0.4, 0.5) is 0 Å². The number of amides is 1. The minimum absolute atomic E-state index is 0.0192. The number of hydrogen-bond donors (Lipinski definition) is 2. The third kappa shape index (κ3) is 3.42. The number of hydrogen-bond acceptors (Lipinski definition) is 3. The van der Waals surface area contributed by atoms with E-state index in [-0.39, 0.29) is 24.0 Å². The number of nitrogens with one attached hydrogen (secondary N) is 1. The van der Waals surface area contributed by atoms with Crippen molar-refractivity contribution in [2.45, 2.75) is 51.6 Å². The van der Waals surface area contributed by atoms with Crippen LogP contribution in [-0.2, 0) is 4.79 Å². The largest absolute Gasteiger partial charge is 0.396 e. The summed E-state index contributed by atoms with van der Waals surface area (Å²) in [6.45, 7) is 5.62. The molecule has 2 fully saturated rings. The number of carbonyl (C=O) groups is 1. The van der Waals surface area contributed by atoms with Crippen molar-refractivity contribution in [1.29, 1.82) is 0 Å². The second-order valence-electron chi connectivity index (χ2n) is 6.22. The Morgan fingerprint density at radius 3 is 2.71 bits per heavy atom. The van der Waals surface area contributed by atoms with Gasteiger partial charge in [-0.05, 0) is 25.7 Å². The topological polar surface area (TPSA) is 52.6 Å². The van der Waals surface area contributed by atoms with E-state index in [1.54, 1.807) is 0 Å². The van der Waals surface area contributed by atoms with E-state index in [4.69, 9.17) is 0 Å². The van der Waals surface area contributed by atoms with Crippen LogP contribution in [0, 0.1) is 5.41 Å². The maximum atomic E-state index is 12.3. The Bertz CT molecular complexity index is 287. The van der Waals surface area contributed by atoms with Crippen LogP contribution in [0.25, 0.3) is 0 Å². The lowest BCUT2D eigenvalue weighted by atomic mass is 9.92. The van der Waals surface area contributed by atoms with Crippen molar-refractivity contribution >= 4 is 5.91 Å². The molecule has 0 aromatic rings. The standard InChI is InChI=1S/C13H24N2O2/c1-13(2,9-16)8-15-7-3-4-11(12(15)17)14-10-5-6-10/h10-11,14,16H,3-9H2,1-2H3. The zero-order valence-electron chi connectivity index (χ0n) is 10.9. The Morgan fingerprint density at radius 1 is 1.41 bits per heavy atom. The van der Waals surface area contributed by atoms with Gasteiger partial charge in [0.1, 0.15) is 0 Å². The Kier molecular flexibility index (Phi) is 3.73. The number of aliphatic hydroxyl groups is 1. The third-order valence-electron chi connectivity index (χ3n) is 3.59. The Labute approximate surface area is 103 Å². The molecule has 1 saturated carbocycles. The summed E-state index contributed by atoms with van der Waals surface area (Å²) in [7, 11) is 0. The molecule has 2 N–H and O–H groups in total. The molecule has 2 aliphatic rings.